The quantitative estimate of drug-likeness (QED) is 0.497. The molecule has 1 aliphatic rings. The van der Waals surface area contributed by atoms with Crippen LogP contribution in [0.5, 0.6) is 0 Å². The second kappa shape index (κ2) is 9.79. The monoisotopic (exact) mass is 454 g/mol. The van der Waals surface area contributed by atoms with Crippen molar-refractivity contribution in [3.8, 4) is 11.3 Å². The summed E-state index contributed by atoms with van der Waals surface area (Å²) in [4.78, 5) is 18.5. The van der Waals surface area contributed by atoms with E-state index < -0.39 is 11.9 Å². The summed E-state index contributed by atoms with van der Waals surface area (Å²) in [7, 11) is 1.36. The molecular formula is C25H28F2N4O2. The molecule has 0 amide bonds. The summed E-state index contributed by atoms with van der Waals surface area (Å²) < 4.78 is 34.0. The van der Waals surface area contributed by atoms with Crippen molar-refractivity contribution in [2.45, 2.75) is 38.7 Å². The van der Waals surface area contributed by atoms with Crippen molar-refractivity contribution >= 4 is 5.97 Å². The number of carbonyl (C=O) groups excluding carboxylic acids is 1. The van der Waals surface area contributed by atoms with Gasteiger partial charge in [0.1, 0.15) is 0 Å². The van der Waals surface area contributed by atoms with Gasteiger partial charge in [-0.2, -0.15) is 5.10 Å². The standard InChI is InChI=1S/C25H28F2N4O2/c1-18-22(16-20-17-28-11-8-21(20)24(32)33-2)31(29-23(18)19-6-4-3-5-7-19)15-14-30-12-9-25(26,27)10-13-30/h3-8,11,17H,9-10,12-16H2,1-2H3. The van der Waals surface area contributed by atoms with Gasteiger partial charge in [0.15, 0.2) is 0 Å². The van der Waals surface area contributed by atoms with E-state index in [1.807, 2.05) is 41.9 Å². The van der Waals surface area contributed by atoms with E-state index >= 15 is 0 Å². The highest BCUT2D eigenvalue weighted by molar-refractivity contribution is 5.90. The zero-order chi connectivity index (χ0) is 23.4. The van der Waals surface area contributed by atoms with E-state index in [-0.39, 0.29) is 12.8 Å². The summed E-state index contributed by atoms with van der Waals surface area (Å²) in [6.07, 6.45) is 3.50. The van der Waals surface area contributed by atoms with Crippen LogP contribution in [0.15, 0.2) is 48.8 Å². The van der Waals surface area contributed by atoms with Crippen molar-refractivity contribution in [2.24, 2.45) is 0 Å². The van der Waals surface area contributed by atoms with Gasteiger partial charge in [0.05, 0.1) is 24.9 Å². The van der Waals surface area contributed by atoms with Gasteiger partial charge in [-0.3, -0.25) is 9.67 Å². The molecule has 1 fully saturated rings. The van der Waals surface area contributed by atoms with Crippen LogP contribution in [0.1, 0.15) is 40.0 Å². The van der Waals surface area contributed by atoms with Crippen LogP contribution < -0.4 is 0 Å². The highest BCUT2D eigenvalue weighted by Gasteiger charge is 2.33. The fourth-order valence-electron chi connectivity index (χ4n) is 4.26. The van der Waals surface area contributed by atoms with Crippen molar-refractivity contribution in [2.75, 3.05) is 26.7 Å². The van der Waals surface area contributed by atoms with Crippen LogP contribution in [0.2, 0.25) is 0 Å². The molecule has 8 heteroatoms. The lowest BCUT2D eigenvalue weighted by atomic mass is 10.0. The van der Waals surface area contributed by atoms with Crippen molar-refractivity contribution in [1.82, 2.24) is 19.7 Å². The molecule has 33 heavy (non-hydrogen) atoms. The predicted molar refractivity (Wildman–Crippen MR) is 121 cm³/mol. The molecule has 1 aromatic carbocycles. The number of rotatable bonds is 7. The first-order valence-corrected chi connectivity index (χ1v) is 11.1. The average Bonchev–Trinajstić information content (AvgIpc) is 3.14. The summed E-state index contributed by atoms with van der Waals surface area (Å²) in [5, 5.41) is 4.89. The number of nitrogens with zero attached hydrogens (tertiary/aromatic N) is 4. The molecule has 2 aromatic heterocycles. The first-order valence-electron chi connectivity index (χ1n) is 11.1. The number of piperidine rings is 1. The summed E-state index contributed by atoms with van der Waals surface area (Å²) in [6.45, 7) is 3.99. The van der Waals surface area contributed by atoms with E-state index in [1.54, 1.807) is 18.5 Å². The first kappa shape index (κ1) is 23.0. The first-order chi connectivity index (χ1) is 15.9. The highest BCUT2D eigenvalue weighted by Crippen LogP contribution is 2.29. The van der Waals surface area contributed by atoms with Crippen LogP contribution >= 0.6 is 0 Å². The van der Waals surface area contributed by atoms with Crippen molar-refractivity contribution < 1.29 is 18.3 Å². The lowest BCUT2D eigenvalue weighted by Crippen LogP contribution is -2.40. The maximum Gasteiger partial charge on any atom is 0.338 e. The topological polar surface area (TPSA) is 60.2 Å². The number of methoxy groups -OCH3 is 1. The van der Waals surface area contributed by atoms with Crippen molar-refractivity contribution in [3.05, 3.63) is 71.2 Å². The highest BCUT2D eigenvalue weighted by atomic mass is 19.3. The van der Waals surface area contributed by atoms with Gasteiger partial charge in [-0.15, -0.1) is 0 Å². The summed E-state index contributed by atoms with van der Waals surface area (Å²) >= 11 is 0. The number of halogens is 2. The zero-order valence-electron chi connectivity index (χ0n) is 18.9. The minimum Gasteiger partial charge on any atom is -0.465 e. The van der Waals surface area contributed by atoms with Gasteiger partial charge in [-0.05, 0) is 24.1 Å². The van der Waals surface area contributed by atoms with Gasteiger partial charge in [0.2, 0.25) is 0 Å². The maximum absolute atomic E-state index is 13.5. The number of pyridine rings is 1. The number of carbonyl (C=O) groups is 1. The molecule has 3 aromatic rings. The molecule has 0 spiro atoms. The van der Waals surface area contributed by atoms with Crippen LogP contribution in [-0.2, 0) is 17.7 Å². The lowest BCUT2D eigenvalue weighted by Gasteiger charge is -2.31. The fourth-order valence-corrected chi connectivity index (χ4v) is 4.26. The van der Waals surface area contributed by atoms with E-state index in [4.69, 9.17) is 9.84 Å². The van der Waals surface area contributed by atoms with E-state index in [2.05, 4.69) is 9.88 Å². The van der Waals surface area contributed by atoms with E-state index in [9.17, 15) is 13.6 Å². The van der Waals surface area contributed by atoms with Crippen molar-refractivity contribution in [1.29, 1.82) is 0 Å². The molecule has 4 rings (SSSR count). The molecule has 0 atom stereocenters. The van der Waals surface area contributed by atoms with Crippen LogP contribution in [0, 0.1) is 6.92 Å². The molecule has 0 aliphatic carbocycles. The molecule has 0 saturated carbocycles. The van der Waals surface area contributed by atoms with Gasteiger partial charge in [0.25, 0.3) is 5.92 Å². The van der Waals surface area contributed by atoms with E-state index in [0.717, 1.165) is 28.1 Å². The second-order valence-electron chi connectivity index (χ2n) is 8.41. The normalized spacial score (nSPS) is 16.0. The van der Waals surface area contributed by atoms with Gasteiger partial charge in [-0.25, -0.2) is 13.6 Å². The van der Waals surface area contributed by atoms with Gasteiger partial charge in [0, 0.05) is 62.5 Å². The molecule has 174 valence electrons. The van der Waals surface area contributed by atoms with Crippen LogP contribution in [-0.4, -0.2) is 58.3 Å². The number of alkyl halides is 2. The van der Waals surface area contributed by atoms with E-state index in [0.29, 0.717) is 38.2 Å². The number of aromatic nitrogens is 3. The largest absolute Gasteiger partial charge is 0.465 e. The third kappa shape index (κ3) is 5.27. The Balaban J connectivity index is 1.64. The summed E-state index contributed by atoms with van der Waals surface area (Å²) in [5.41, 5.74) is 5.09. The number of likely N-dealkylation sites (tertiary alicyclic amines) is 1. The third-order valence-corrected chi connectivity index (χ3v) is 6.25. The predicted octanol–water partition coefficient (Wildman–Crippen LogP) is 4.36. The Labute approximate surface area is 192 Å². The second-order valence-corrected chi connectivity index (χ2v) is 8.41. The molecular weight excluding hydrogens is 426 g/mol. The molecule has 6 nitrogen and oxygen atoms in total. The molecule has 0 radical (unpaired) electrons. The van der Waals surface area contributed by atoms with Gasteiger partial charge in [-0.1, -0.05) is 30.3 Å². The SMILES string of the molecule is COC(=O)c1ccncc1Cc1c(C)c(-c2ccccc2)nn1CCN1CCC(F)(F)CC1. The number of hydrogen-bond acceptors (Lipinski definition) is 5. The molecule has 1 saturated heterocycles. The average molecular weight is 455 g/mol. The summed E-state index contributed by atoms with van der Waals surface area (Å²) in [5.74, 6) is -2.97. The third-order valence-electron chi connectivity index (χ3n) is 6.25. The van der Waals surface area contributed by atoms with Gasteiger partial charge >= 0.3 is 5.97 Å². The Hall–Kier alpha value is -3.13. The minimum atomic E-state index is -2.56. The minimum absolute atomic E-state index is 0.106. The Bertz CT molecular complexity index is 1100. The Morgan fingerprint density at radius 3 is 2.55 bits per heavy atom. The fraction of sp³-hybridized carbons (Fsp3) is 0.400. The summed E-state index contributed by atoms with van der Waals surface area (Å²) in [6, 6.07) is 11.6. The molecule has 0 bridgehead atoms. The number of esters is 1. The molecule has 3 heterocycles. The molecule has 0 N–H and O–H groups in total. The lowest BCUT2D eigenvalue weighted by molar-refractivity contribution is -0.0555. The number of ether oxygens (including phenoxy) is 1. The van der Waals surface area contributed by atoms with E-state index in [1.165, 1.54) is 7.11 Å². The van der Waals surface area contributed by atoms with Crippen LogP contribution in [0.4, 0.5) is 8.78 Å². The zero-order valence-corrected chi connectivity index (χ0v) is 18.9. The molecule has 1 aliphatic heterocycles. The van der Waals surface area contributed by atoms with Crippen LogP contribution in [0.25, 0.3) is 11.3 Å². The van der Waals surface area contributed by atoms with Gasteiger partial charge < -0.3 is 9.64 Å². The molecule has 0 unspecified atom stereocenters. The Kier molecular flexibility index (Phi) is 6.83. The maximum atomic E-state index is 13.5. The van der Waals surface area contributed by atoms with Crippen molar-refractivity contribution in [3.63, 3.8) is 0 Å². The number of benzene rings is 1. The van der Waals surface area contributed by atoms with Crippen LogP contribution in [0.3, 0.4) is 0 Å². The Morgan fingerprint density at radius 2 is 1.85 bits per heavy atom. The number of hydrogen-bond donors (Lipinski definition) is 0. The smallest absolute Gasteiger partial charge is 0.338 e. The Morgan fingerprint density at radius 1 is 1.12 bits per heavy atom.